The average molecular weight is 280 g/mol. The highest BCUT2D eigenvalue weighted by Gasteiger charge is 2.10. The van der Waals surface area contributed by atoms with E-state index in [1.807, 2.05) is 54.1 Å². The van der Waals surface area contributed by atoms with Gasteiger partial charge in [-0.15, -0.1) is 10.2 Å². The first kappa shape index (κ1) is 13.2. The lowest BCUT2D eigenvalue weighted by Crippen LogP contribution is -2.02. The van der Waals surface area contributed by atoms with E-state index in [0.717, 1.165) is 22.6 Å². The lowest BCUT2D eigenvalue weighted by molar-refractivity contribution is 0.469. The molecule has 0 fully saturated rings. The van der Waals surface area contributed by atoms with Gasteiger partial charge >= 0.3 is 0 Å². The van der Waals surface area contributed by atoms with Crippen LogP contribution < -0.4 is 5.32 Å². The number of aromatic nitrogens is 3. The zero-order chi connectivity index (χ0) is 14.7. The normalized spacial score (nSPS) is 10.5. The summed E-state index contributed by atoms with van der Waals surface area (Å²) in [5.41, 5.74) is 2.79. The van der Waals surface area contributed by atoms with Crippen LogP contribution in [0.1, 0.15) is 5.56 Å². The molecule has 0 radical (unpaired) electrons. The molecular formula is C16H16N4O. The van der Waals surface area contributed by atoms with Crippen molar-refractivity contribution >= 4 is 5.69 Å². The molecule has 1 aromatic heterocycles. The standard InChI is InChI=1S/C16H16N4O/c1-20-11-18-19-16(20)13-7-3-4-8-14(13)17-10-12-6-2-5-9-15(12)21/h2-9,11,17,21H,10H2,1H3. The molecule has 0 unspecified atom stereocenters. The summed E-state index contributed by atoms with van der Waals surface area (Å²) in [6.07, 6.45) is 1.68. The van der Waals surface area contributed by atoms with Crippen LogP contribution in [-0.4, -0.2) is 19.9 Å². The number of aryl methyl sites for hydroxylation is 1. The molecule has 0 bridgehead atoms. The summed E-state index contributed by atoms with van der Waals surface area (Å²) in [7, 11) is 1.91. The van der Waals surface area contributed by atoms with Gasteiger partial charge in [0.15, 0.2) is 5.82 Å². The van der Waals surface area contributed by atoms with Crippen molar-refractivity contribution in [1.82, 2.24) is 14.8 Å². The monoisotopic (exact) mass is 280 g/mol. The number of anilines is 1. The van der Waals surface area contributed by atoms with Crippen molar-refractivity contribution in [3.05, 3.63) is 60.4 Å². The number of nitrogens with zero attached hydrogens (tertiary/aromatic N) is 3. The lowest BCUT2D eigenvalue weighted by atomic mass is 10.1. The fourth-order valence-electron chi connectivity index (χ4n) is 2.21. The van der Waals surface area contributed by atoms with Crippen molar-refractivity contribution in [2.75, 3.05) is 5.32 Å². The molecule has 1 heterocycles. The Labute approximate surface area is 122 Å². The fraction of sp³-hybridized carbons (Fsp3) is 0.125. The Kier molecular flexibility index (Phi) is 3.55. The van der Waals surface area contributed by atoms with Crippen LogP contribution in [0.2, 0.25) is 0 Å². The van der Waals surface area contributed by atoms with Gasteiger partial charge in [-0.2, -0.15) is 0 Å². The lowest BCUT2D eigenvalue weighted by Gasteiger charge is -2.12. The number of hydrogen-bond donors (Lipinski definition) is 2. The Morgan fingerprint density at radius 3 is 2.62 bits per heavy atom. The SMILES string of the molecule is Cn1cnnc1-c1ccccc1NCc1ccccc1O. The molecule has 0 amide bonds. The summed E-state index contributed by atoms with van der Waals surface area (Å²) in [4.78, 5) is 0. The Morgan fingerprint density at radius 2 is 1.86 bits per heavy atom. The van der Waals surface area contributed by atoms with E-state index in [1.165, 1.54) is 0 Å². The van der Waals surface area contributed by atoms with Crippen LogP contribution in [0.15, 0.2) is 54.9 Å². The van der Waals surface area contributed by atoms with Crippen molar-refractivity contribution in [3.8, 4) is 17.1 Å². The molecular weight excluding hydrogens is 264 g/mol. The predicted molar refractivity (Wildman–Crippen MR) is 81.9 cm³/mol. The van der Waals surface area contributed by atoms with Crippen LogP contribution >= 0.6 is 0 Å². The zero-order valence-corrected chi connectivity index (χ0v) is 11.7. The Balaban J connectivity index is 1.87. The van der Waals surface area contributed by atoms with E-state index >= 15 is 0 Å². The van der Waals surface area contributed by atoms with Crippen LogP contribution in [0.4, 0.5) is 5.69 Å². The Bertz CT molecular complexity index is 751. The van der Waals surface area contributed by atoms with Gasteiger partial charge in [-0.3, -0.25) is 0 Å². The molecule has 21 heavy (non-hydrogen) atoms. The fourth-order valence-corrected chi connectivity index (χ4v) is 2.21. The maximum absolute atomic E-state index is 9.82. The van der Waals surface area contributed by atoms with Gasteiger partial charge in [0.2, 0.25) is 0 Å². The van der Waals surface area contributed by atoms with Crippen molar-refractivity contribution in [1.29, 1.82) is 0 Å². The highest BCUT2D eigenvalue weighted by atomic mass is 16.3. The molecule has 0 atom stereocenters. The molecule has 3 aromatic rings. The van der Waals surface area contributed by atoms with Crippen LogP contribution in [0.25, 0.3) is 11.4 Å². The van der Waals surface area contributed by atoms with E-state index in [1.54, 1.807) is 12.4 Å². The number of phenols is 1. The van der Waals surface area contributed by atoms with Crippen LogP contribution in [-0.2, 0) is 13.6 Å². The van der Waals surface area contributed by atoms with Gasteiger partial charge in [-0.05, 0) is 18.2 Å². The molecule has 0 saturated carbocycles. The minimum atomic E-state index is 0.293. The van der Waals surface area contributed by atoms with Gasteiger partial charge < -0.3 is 15.0 Å². The summed E-state index contributed by atoms with van der Waals surface area (Å²) in [6, 6.07) is 15.2. The molecule has 3 rings (SSSR count). The van der Waals surface area contributed by atoms with Crippen LogP contribution in [0.5, 0.6) is 5.75 Å². The summed E-state index contributed by atoms with van der Waals surface area (Å²) in [6.45, 7) is 0.543. The maximum atomic E-state index is 9.82. The van der Waals surface area contributed by atoms with E-state index in [0.29, 0.717) is 12.3 Å². The molecule has 0 spiro atoms. The predicted octanol–water partition coefficient (Wildman–Crippen LogP) is 2.80. The Hall–Kier alpha value is -2.82. The molecule has 2 aromatic carbocycles. The van der Waals surface area contributed by atoms with Gasteiger partial charge in [0.1, 0.15) is 12.1 Å². The summed E-state index contributed by atoms with van der Waals surface area (Å²) >= 11 is 0. The molecule has 0 aliphatic heterocycles. The van der Waals surface area contributed by atoms with E-state index < -0.39 is 0 Å². The molecule has 106 valence electrons. The van der Waals surface area contributed by atoms with Crippen LogP contribution in [0, 0.1) is 0 Å². The summed E-state index contributed by atoms with van der Waals surface area (Å²) in [5, 5.41) is 21.2. The molecule has 5 heteroatoms. The van der Waals surface area contributed by atoms with E-state index in [2.05, 4.69) is 15.5 Å². The second-order valence-corrected chi connectivity index (χ2v) is 4.79. The molecule has 0 aliphatic rings. The molecule has 0 saturated heterocycles. The summed E-state index contributed by atoms with van der Waals surface area (Å²) < 4.78 is 1.88. The van der Waals surface area contributed by atoms with Gasteiger partial charge in [-0.1, -0.05) is 30.3 Å². The summed E-state index contributed by atoms with van der Waals surface area (Å²) in [5.74, 6) is 1.09. The number of benzene rings is 2. The van der Waals surface area contributed by atoms with Gasteiger partial charge in [0.05, 0.1) is 0 Å². The third-order valence-electron chi connectivity index (χ3n) is 3.34. The van der Waals surface area contributed by atoms with Crippen molar-refractivity contribution in [2.24, 2.45) is 7.05 Å². The van der Waals surface area contributed by atoms with Gasteiger partial charge in [-0.25, -0.2) is 0 Å². The zero-order valence-electron chi connectivity index (χ0n) is 11.7. The molecule has 0 aliphatic carbocycles. The van der Waals surface area contributed by atoms with E-state index in [4.69, 9.17) is 0 Å². The smallest absolute Gasteiger partial charge is 0.165 e. The van der Waals surface area contributed by atoms with Crippen molar-refractivity contribution in [2.45, 2.75) is 6.54 Å². The maximum Gasteiger partial charge on any atom is 0.165 e. The van der Waals surface area contributed by atoms with Crippen molar-refractivity contribution in [3.63, 3.8) is 0 Å². The topological polar surface area (TPSA) is 63.0 Å². The molecule has 5 nitrogen and oxygen atoms in total. The highest BCUT2D eigenvalue weighted by Crippen LogP contribution is 2.26. The first-order valence-electron chi connectivity index (χ1n) is 6.70. The van der Waals surface area contributed by atoms with E-state index in [9.17, 15) is 5.11 Å². The van der Waals surface area contributed by atoms with Gasteiger partial charge in [0, 0.05) is 30.4 Å². The largest absolute Gasteiger partial charge is 0.508 e. The van der Waals surface area contributed by atoms with Gasteiger partial charge in [0.25, 0.3) is 0 Å². The van der Waals surface area contributed by atoms with Crippen LogP contribution in [0.3, 0.4) is 0 Å². The number of aromatic hydroxyl groups is 1. The third kappa shape index (κ3) is 2.72. The Morgan fingerprint density at radius 1 is 1.10 bits per heavy atom. The number of hydrogen-bond acceptors (Lipinski definition) is 4. The first-order valence-corrected chi connectivity index (χ1v) is 6.70. The minimum absolute atomic E-state index is 0.293. The molecule has 2 N–H and O–H groups in total. The number of rotatable bonds is 4. The third-order valence-corrected chi connectivity index (χ3v) is 3.34. The number of phenolic OH excluding ortho intramolecular Hbond substituents is 1. The quantitative estimate of drug-likeness (QED) is 0.771. The highest BCUT2D eigenvalue weighted by molar-refractivity contribution is 5.73. The van der Waals surface area contributed by atoms with Crippen molar-refractivity contribution < 1.29 is 5.11 Å². The second-order valence-electron chi connectivity index (χ2n) is 4.79. The number of nitrogens with one attached hydrogen (secondary N) is 1. The minimum Gasteiger partial charge on any atom is -0.508 e. The second kappa shape index (κ2) is 5.66. The van der Waals surface area contributed by atoms with E-state index in [-0.39, 0.29) is 0 Å². The number of para-hydroxylation sites is 2. The average Bonchev–Trinajstić information content (AvgIpc) is 2.93. The first-order chi connectivity index (χ1) is 10.3.